The number of benzene rings is 6. The van der Waals surface area contributed by atoms with Crippen LogP contribution in [0.2, 0.25) is 0 Å². The molecule has 0 heterocycles. The highest BCUT2D eigenvalue weighted by Gasteiger charge is 2.35. The highest BCUT2D eigenvalue weighted by atomic mass is 31.1. The van der Waals surface area contributed by atoms with Crippen LogP contribution in [0.1, 0.15) is 31.9 Å². The van der Waals surface area contributed by atoms with E-state index in [0.717, 1.165) is 0 Å². The van der Waals surface area contributed by atoms with Gasteiger partial charge in [-0.2, -0.15) is 21.9 Å². The molecule has 0 aliphatic heterocycles. The molecule has 0 atom stereocenters. The highest BCUT2D eigenvalue weighted by Crippen LogP contribution is 2.47. The van der Waals surface area contributed by atoms with Crippen molar-refractivity contribution in [3.63, 3.8) is 0 Å². The molecular formula is C42H44BP. The first-order valence-electron chi connectivity index (χ1n) is 15.7. The van der Waals surface area contributed by atoms with Crippen molar-refractivity contribution in [3.05, 3.63) is 181 Å². The van der Waals surface area contributed by atoms with Gasteiger partial charge in [-0.3, -0.25) is 0 Å². The fourth-order valence-corrected chi connectivity index (χ4v) is 9.66. The first kappa shape index (κ1) is 31.2. The molecule has 0 radical (unpaired) electrons. The van der Waals surface area contributed by atoms with Gasteiger partial charge in [0.05, 0.1) is 23.7 Å². The second-order valence-electron chi connectivity index (χ2n) is 12.9. The van der Waals surface area contributed by atoms with Crippen molar-refractivity contribution in [2.75, 3.05) is 0 Å². The molecule has 0 nitrogen and oxygen atoms in total. The maximum Gasteiger partial charge on any atom is 0.108 e. The lowest BCUT2D eigenvalue weighted by atomic mass is 9.13. The SMILES string of the molecule is Cc1ccc([PH+](c2ccc(C)cc2)C(C)(C)C)cc1.c1ccc([B-](c2ccccc2)(c2ccccc2)c2ccccc2)cc1. The van der Waals surface area contributed by atoms with E-state index in [4.69, 9.17) is 0 Å². The monoisotopic (exact) mass is 590 g/mol. The standard InChI is InChI=1S/C24H20B.C18H23P/c1-5-13-21(14-6-1)25(22-15-7-2-8-16-22,23-17-9-3-10-18-23)24-19-11-4-12-20-24;1-14-6-10-16(11-7-14)19(18(3,4)5)17-12-8-15(2)9-13-17/h1-20H;6-13H,1-5H3/q-1;/p+1. The van der Waals surface area contributed by atoms with Gasteiger partial charge in [-0.1, -0.05) is 157 Å². The molecule has 220 valence electrons. The molecule has 6 aromatic carbocycles. The predicted molar refractivity (Wildman–Crippen MR) is 200 cm³/mol. The van der Waals surface area contributed by atoms with Gasteiger partial charge in [-0.25, -0.2) is 0 Å². The van der Waals surface area contributed by atoms with Gasteiger partial charge in [0.2, 0.25) is 0 Å². The van der Waals surface area contributed by atoms with E-state index in [1.807, 2.05) is 0 Å². The minimum absolute atomic E-state index is 0.315. The Hall–Kier alpha value is -4.19. The van der Waals surface area contributed by atoms with Crippen LogP contribution in [0.5, 0.6) is 0 Å². The zero-order chi connectivity index (χ0) is 31.0. The van der Waals surface area contributed by atoms with Gasteiger partial charge in [0.15, 0.2) is 0 Å². The third-order valence-corrected chi connectivity index (χ3v) is 12.0. The van der Waals surface area contributed by atoms with Crippen LogP contribution in [-0.2, 0) is 0 Å². The lowest BCUT2D eigenvalue weighted by Crippen LogP contribution is -2.74. The molecule has 0 fully saturated rings. The molecule has 0 aliphatic rings. The van der Waals surface area contributed by atoms with Gasteiger partial charge in [0.25, 0.3) is 0 Å². The van der Waals surface area contributed by atoms with Crippen molar-refractivity contribution < 1.29 is 0 Å². The van der Waals surface area contributed by atoms with Crippen LogP contribution in [0.3, 0.4) is 0 Å². The fourth-order valence-electron chi connectivity index (χ4n) is 6.59. The molecule has 0 amide bonds. The minimum atomic E-state index is -1.22. The first-order valence-corrected chi connectivity index (χ1v) is 17.2. The van der Waals surface area contributed by atoms with Gasteiger partial charge in [-0.05, 0) is 58.9 Å². The number of aryl methyl sites for hydroxylation is 2. The lowest BCUT2D eigenvalue weighted by Gasteiger charge is -2.44. The Bertz CT molecular complexity index is 1500. The van der Waals surface area contributed by atoms with E-state index in [9.17, 15) is 0 Å². The van der Waals surface area contributed by atoms with E-state index in [-0.39, 0.29) is 0 Å². The summed E-state index contributed by atoms with van der Waals surface area (Å²) in [4.78, 5) is 0. The summed E-state index contributed by atoms with van der Waals surface area (Å²) in [6.45, 7) is 11.4. The van der Waals surface area contributed by atoms with Crippen LogP contribution in [0, 0.1) is 13.8 Å². The normalized spacial score (nSPS) is 11.5. The van der Waals surface area contributed by atoms with E-state index >= 15 is 0 Å². The van der Waals surface area contributed by atoms with Crippen molar-refractivity contribution in [2.24, 2.45) is 0 Å². The molecule has 6 rings (SSSR count). The number of rotatable bonds is 6. The van der Waals surface area contributed by atoms with Crippen LogP contribution in [0.4, 0.5) is 0 Å². The largest absolute Gasteiger partial charge is 0.195 e. The summed E-state index contributed by atoms with van der Waals surface area (Å²) in [5.74, 6) is 0. The maximum atomic E-state index is 2.36. The van der Waals surface area contributed by atoms with E-state index < -0.39 is 14.1 Å². The average molecular weight is 591 g/mol. The quantitative estimate of drug-likeness (QED) is 0.141. The summed E-state index contributed by atoms with van der Waals surface area (Å²) in [6, 6.07) is 61.7. The fraction of sp³-hybridized carbons (Fsp3) is 0.143. The summed E-state index contributed by atoms with van der Waals surface area (Å²) < 4.78 is 0. The Kier molecular flexibility index (Phi) is 9.99. The summed E-state index contributed by atoms with van der Waals surface area (Å²) in [7, 11) is -0.748. The molecule has 0 unspecified atom stereocenters. The summed E-state index contributed by atoms with van der Waals surface area (Å²) in [5, 5.41) is 3.33. The van der Waals surface area contributed by atoms with Crippen molar-refractivity contribution >= 4 is 46.5 Å². The van der Waals surface area contributed by atoms with Crippen molar-refractivity contribution in [1.82, 2.24) is 0 Å². The Balaban J connectivity index is 0.000000182. The van der Waals surface area contributed by atoms with Gasteiger partial charge in [-0.15, -0.1) is 0 Å². The summed E-state index contributed by atoms with van der Waals surface area (Å²) in [6.07, 6.45) is -1.22. The molecule has 0 saturated carbocycles. The molecule has 6 aromatic rings. The summed E-state index contributed by atoms with van der Waals surface area (Å²) >= 11 is 0. The Morgan fingerprint density at radius 2 is 0.614 bits per heavy atom. The van der Waals surface area contributed by atoms with E-state index in [2.05, 4.69) is 204 Å². The third kappa shape index (κ3) is 6.96. The Morgan fingerprint density at radius 3 is 0.841 bits per heavy atom. The molecule has 0 saturated heterocycles. The van der Waals surface area contributed by atoms with E-state index in [0.29, 0.717) is 5.16 Å². The van der Waals surface area contributed by atoms with Gasteiger partial charge < -0.3 is 0 Å². The van der Waals surface area contributed by atoms with Crippen LogP contribution in [0.25, 0.3) is 0 Å². The van der Waals surface area contributed by atoms with Crippen molar-refractivity contribution in [1.29, 1.82) is 0 Å². The van der Waals surface area contributed by atoms with Crippen LogP contribution < -0.4 is 32.5 Å². The van der Waals surface area contributed by atoms with Crippen LogP contribution >= 0.6 is 7.92 Å². The van der Waals surface area contributed by atoms with Gasteiger partial charge in [0.1, 0.15) is 6.15 Å². The zero-order valence-corrected chi connectivity index (χ0v) is 27.7. The Morgan fingerprint density at radius 1 is 0.364 bits per heavy atom. The predicted octanol–water partition coefficient (Wildman–Crippen LogP) is 7.33. The van der Waals surface area contributed by atoms with Crippen LogP contribution in [0.15, 0.2) is 170 Å². The van der Waals surface area contributed by atoms with E-state index in [1.54, 1.807) is 0 Å². The smallest absolute Gasteiger partial charge is 0.108 e. The van der Waals surface area contributed by atoms with Gasteiger partial charge >= 0.3 is 0 Å². The highest BCUT2D eigenvalue weighted by molar-refractivity contribution is 7.74. The van der Waals surface area contributed by atoms with E-state index in [1.165, 1.54) is 43.6 Å². The molecular weight excluding hydrogens is 546 g/mol. The number of hydrogen-bond donors (Lipinski definition) is 0. The molecule has 0 aliphatic carbocycles. The minimum Gasteiger partial charge on any atom is -0.195 e. The second-order valence-corrected chi connectivity index (χ2v) is 16.3. The molecule has 0 aromatic heterocycles. The van der Waals surface area contributed by atoms with Crippen molar-refractivity contribution in [2.45, 2.75) is 39.8 Å². The summed E-state index contributed by atoms with van der Waals surface area (Å²) in [5.41, 5.74) is 8.03. The second kappa shape index (κ2) is 14.1. The first-order chi connectivity index (χ1) is 21.3. The Labute approximate surface area is 266 Å². The lowest BCUT2D eigenvalue weighted by molar-refractivity contribution is 0.793. The maximum absolute atomic E-state index is 2.36. The molecule has 2 heteroatoms. The molecule has 0 N–H and O–H groups in total. The van der Waals surface area contributed by atoms with Crippen LogP contribution in [-0.4, -0.2) is 11.3 Å². The number of hydrogen-bond acceptors (Lipinski definition) is 0. The third-order valence-electron chi connectivity index (χ3n) is 8.63. The molecule has 0 bridgehead atoms. The topological polar surface area (TPSA) is 0 Å². The molecule has 0 spiro atoms. The molecule has 44 heavy (non-hydrogen) atoms. The van der Waals surface area contributed by atoms with Crippen molar-refractivity contribution in [3.8, 4) is 0 Å². The zero-order valence-electron chi connectivity index (χ0n) is 26.7. The average Bonchev–Trinajstić information content (AvgIpc) is 3.05. The van der Waals surface area contributed by atoms with Gasteiger partial charge in [0, 0.05) is 0 Å².